The number of nitrogens with zero attached hydrogens (tertiary/aromatic N) is 1. The van der Waals surface area contributed by atoms with Gasteiger partial charge in [0.25, 0.3) is 0 Å². The summed E-state index contributed by atoms with van der Waals surface area (Å²) in [5.41, 5.74) is 1.65. The molecule has 0 fully saturated rings. The molecule has 1 amide bonds. The number of halogens is 1. The van der Waals surface area contributed by atoms with Crippen molar-refractivity contribution in [3.8, 4) is 11.5 Å². The highest BCUT2D eigenvalue weighted by atomic mass is 19.1. The Bertz CT molecular complexity index is 867. The molecule has 1 atom stereocenters. The topological polar surface area (TPSA) is 67.9 Å². The van der Waals surface area contributed by atoms with E-state index in [-0.39, 0.29) is 36.9 Å². The molecule has 7 heteroatoms. The first kappa shape index (κ1) is 18.8. The predicted molar refractivity (Wildman–Crippen MR) is 98.6 cm³/mol. The number of benzene rings is 2. The molecule has 0 spiro atoms. The lowest BCUT2D eigenvalue weighted by Gasteiger charge is -2.24. The van der Waals surface area contributed by atoms with Crippen molar-refractivity contribution in [3.63, 3.8) is 0 Å². The Morgan fingerprint density at radius 1 is 1.19 bits per heavy atom. The van der Waals surface area contributed by atoms with Crippen molar-refractivity contribution >= 4 is 17.4 Å². The van der Waals surface area contributed by atoms with E-state index in [0.29, 0.717) is 22.7 Å². The van der Waals surface area contributed by atoms with Crippen LogP contribution in [0.25, 0.3) is 0 Å². The van der Waals surface area contributed by atoms with Crippen LogP contribution >= 0.6 is 0 Å². The first-order valence-corrected chi connectivity index (χ1v) is 8.55. The summed E-state index contributed by atoms with van der Waals surface area (Å²) in [6.45, 7) is 3.55. The second-order valence-electron chi connectivity index (χ2n) is 6.50. The summed E-state index contributed by atoms with van der Waals surface area (Å²) in [7, 11) is 1.80. The van der Waals surface area contributed by atoms with Crippen LogP contribution in [0.1, 0.15) is 35.8 Å². The second-order valence-corrected chi connectivity index (χ2v) is 6.50. The number of ketones is 1. The summed E-state index contributed by atoms with van der Waals surface area (Å²) >= 11 is 0. The minimum atomic E-state index is -0.300. The quantitative estimate of drug-likeness (QED) is 0.788. The number of Topliss-reactive ketones (excluding diaryl/α,β-unsaturated/α-hetero) is 1. The smallest absolute Gasteiger partial charge is 0.238 e. The molecule has 1 heterocycles. The van der Waals surface area contributed by atoms with Crippen molar-refractivity contribution in [3.05, 3.63) is 53.3 Å². The lowest BCUT2D eigenvalue weighted by Crippen LogP contribution is -2.32. The minimum absolute atomic E-state index is 0.0830. The first-order chi connectivity index (χ1) is 12.8. The van der Waals surface area contributed by atoms with Crippen LogP contribution in [-0.2, 0) is 4.79 Å². The Labute approximate surface area is 156 Å². The van der Waals surface area contributed by atoms with Crippen LogP contribution in [0, 0.1) is 5.82 Å². The van der Waals surface area contributed by atoms with E-state index in [0.717, 1.165) is 5.56 Å². The predicted octanol–water partition coefficient (Wildman–Crippen LogP) is 3.39. The highest BCUT2D eigenvalue weighted by molar-refractivity contribution is 6.05. The zero-order valence-electron chi connectivity index (χ0n) is 15.4. The van der Waals surface area contributed by atoms with Crippen LogP contribution in [0.4, 0.5) is 10.1 Å². The van der Waals surface area contributed by atoms with Gasteiger partial charge in [-0.3, -0.25) is 14.5 Å². The summed E-state index contributed by atoms with van der Waals surface area (Å²) in [6.07, 6.45) is 0. The van der Waals surface area contributed by atoms with Gasteiger partial charge in [-0.05, 0) is 44.7 Å². The Morgan fingerprint density at radius 3 is 2.44 bits per heavy atom. The van der Waals surface area contributed by atoms with Gasteiger partial charge >= 0.3 is 0 Å². The van der Waals surface area contributed by atoms with Crippen molar-refractivity contribution in [2.75, 3.05) is 25.7 Å². The zero-order chi connectivity index (χ0) is 19.6. The molecule has 0 aromatic heterocycles. The summed E-state index contributed by atoms with van der Waals surface area (Å²) in [4.78, 5) is 26.2. The van der Waals surface area contributed by atoms with Crippen LogP contribution in [0.3, 0.4) is 0 Å². The van der Waals surface area contributed by atoms with Crippen LogP contribution in [0.15, 0.2) is 36.4 Å². The van der Waals surface area contributed by atoms with Crippen molar-refractivity contribution in [1.29, 1.82) is 0 Å². The number of rotatable bonds is 6. The molecule has 0 bridgehead atoms. The van der Waals surface area contributed by atoms with E-state index in [4.69, 9.17) is 9.47 Å². The molecule has 0 saturated carbocycles. The van der Waals surface area contributed by atoms with Crippen molar-refractivity contribution in [2.24, 2.45) is 0 Å². The molecular formula is C20H21FN2O4. The van der Waals surface area contributed by atoms with E-state index in [1.807, 2.05) is 11.8 Å². The van der Waals surface area contributed by atoms with Gasteiger partial charge in [-0.2, -0.15) is 0 Å². The molecule has 1 aliphatic heterocycles. The van der Waals surface area contributed by atoms with Crippen molar-refractivity contribution in [2.45, 2.75) is 19.9 Å². The van der Waals surface area contributed by atoms with Gasteiger partial charge in [0.15, 0.2) is 17.3 Å². The number of carbonyl (C=O) groups is 2. The van der Waals surface area contributed by atoms with Crippen LogP contribution in [0.5, 0.6) is 11.5 Å². The molecule has 27 heavy (non-hydrogen) atoms. The minimum Gasteiger partial charge on any atom is -0.454 e. The number of likely N-dealkylation sites (N-methyl/N-ethyl adjacent to an activating group) is 1. The molecule has 1 N–H and O–H groups in total. The maximum absolute atomic E-state index is 13.1. The Morgan fingerprint density at radius 2 is 1.81 bits per heavy atom. The number of anilines is 1. The van der Waals surface area contributed by atoms with Gasteiger partial charge in [0.2, 0.25) is 12.7 Å². The Balaban J connectivity index is 1.70. The van der Waals surface area contributed by atoms with Gasteiger partial charge in [0.05, 0.1) is 12.2 Å². The van der Waals surface area contributed by atoms with Gasteiger partial charge in [0.1, 0.15) is 5.82 Å². The molecular weight excluding hydrogens is 351 g/mol. The fourth-order valence-electron chi connectivity index (χ4n) is 2.89. The van der Waals surface area contributed by atoms with Crippen LogP contribution < -0.4 is 14.8 Å². The highest BCUT2D eigenvalue weighted by Crippen LogP contribution is 2.37. The first-order valence-electron chi connectivity index (χ1n) is 8.55. The molecule has 0 radical (unpaired) electrons. The largest absolute Gasteiger partial charge is 0.454 e. The number of ether oxygens (including phenoxy) is 2. The van der Waals surface area contributed by atoms with Crippen molar-refractivity contribution < 1.29 is 23.5 Å². The molecule has 3 rings (SSSR count). The third-order valence-corrected chi connectivity index (χ3v) is 4.57. The van der Waals surface area contributed by atoms with E-state index in [1.54, 1.807) is 31.3 Å². The average Bonchev–Trinajstić information content (AvgIpc) is 3.08. The van der Waals surface area contributed by atoms with E-state index < -0.39 is 0 Å². The summed E-state index contributed by atoms with van der Waals surface area (Å²) in [5.74, 6) is 0.221. The van der Waals surface area contributed by atoms with Crippen LogP contribution in [-0.4, -0.2) is 37.0 Å². The Hall–Kier alpha value is -2.93. The second kappa shape index (κ2) is 7.75. The number of amides is 1. The van der Waals surface area contributed by atoms with Gasteiger partial charge in [-0.25, -0.2) is 4.39 Å². The lowest BCUT2D eigenvalue weighted by molar-refractivity contribution is -0.117. The maximum Gasteiger partial charge on any atom is 0.238 e. The number of hydrogen-bond acceptors (Lipinski definition) is 5. The van der Waals surface area contributed by atoms with Gasteiger partial charge in [-0.1, -0.05) is 12.1 Å². The molecule has 6 nitrogen and oxygen atoms in total. The highest BCUT2D eigenvalue weighted by Gasteiger charge is 2.21. The number of nitrogens with one attached hydrogen (secondary N) is 1. The zero-order valence-corrected chi connectivity index (χ0v) is 15.4. The SMILES string of the molecule is CC(=O)c1cc2c(cc1NC(=O)CN(C)C(C)c1ccc(F)cc1)OCO2. The third-order valence-electron chi connectivity index (χ3n) is 4.57. The lowest BCUT2D eigenvalue weighted by atomic mass is 10.1. The monoisotopic (exact) mass is 372 g/mol. The normalized spacial score (nSPS) is 13.5. The summed E-state index contributed by atoms with van der Waals surface area (Å²) in [6, 6.07) is 9.27. The fraction of sp³-hybridized carbons (Fsp3) is 0.300. The van der Waals surface area contributed by atoms with Crippen molar-refractivity contribution in [1.82, 2.24) is 4.90 Å². The number of carbonyl (C=O) groups excluding carboxylic acids is 2. The van der Waals surface area contributed by atoms with E-state index in [1.165, 1.54) is 19.1 Å². The molecule has 0 aliphatic carbocycles. The van der Waals surface area contributed by atoms with E-state index >= 15 is 0 Å². The molecule has 1 aliphatic rings. The fourth-order valence-corrected chi connectivity index (χ4v) is 2.89. The number of hydrogen-bond donors (Lipinski definition) is 1. The Kier molecular flexibility index (Phi) is 5.41. The molecule has 1 unspecified atom stereocenters. The number of fused-ring (bicyclic) bond motifs is 1. The maximum atomic E-state index is 13.1. The van der Waals surface area contributed by atoms with Gasteiger partial charge < -0.3 is 14.8 Å². The average molecular weight is 372 g/mol. The summed E-state index contributed by atoms with van der Waals surface area (Å²) < 4.78 is 23.7. The van der Waals surface area contributed by atoms with Crippen LogP contribution in [0.2, 0.25) is 0 Å². The van der Waals surface area contributed by atoms with Gasteiger partial charge in [-0.15, -0.1) is 0 Å². The van der Waals surface area contributed by atoms with E-state index in [9.17, 15) is 14.0 Å². The standard InChI is InChI=1S/C20H21FN2O4/c1-12(14-4-6-15(21)7-5-14)23(3)10-20(25)22-17-9-19-18(26-11-27-19)8-16(17)13(2)24/h4-9,12H,10-11H2,1-3H3,(H,22,25). The third kappa shape index (κ3) is 4.25. The van der Waals surface area contributed by atoms with Gasteiger partial charge in [0, 0.05) is 17.7 Å². The molecule has 142 valence electrons. The molecule has 2 aromatic carbocycles. The summed E-state index contributed by atoms with van der Waals surface area (Å²) in [5, 5.41) is 2.77. The molecule has 2 aromatic rings. The molecule has 0 saturated heterocycles. The van der Waals surface area contributed by atoms with E-state index in [2.05, 4.69) is 5.32 Å².